The molecule has 1 saturated heterocycles. The normalized spacial score (nSPS) is 23.4. The molecule has 4 aliphatic rings. The fourth-order valence-corrected chi connectivity index (χ4v) is 6.18. The number of hydrogen-bond acceptors (Lipinski definition) is 13. The highest BCUT2D eigenvalue weighted by molar-refractivity contribution is 8.03. The van der Waals surface area contributed by atoms with E-state index in [1.165, 1.54) is 28.4 Å². The molecular formula is C22H30N6O6S2. The van der Waals surface area contributed by atoms with Crippen LogP contribution in [0.4, 0.5) is 0 Å². The summed E-state index contributed by atoms with van der Waals surface area (Å²) in [7, 11) is 1.60. The molecule has 14 heteroatoms. The summed E-state index contributed by atoms with van der Waals surface area (Å²) in [6.07, 6.45) is 3.77. The van der Waals surface area contributed by atoms with Gasteiger partial charge in [-0.15, -0.1) is 29.1 Å². The number of methoxy groups -OCH3 is 1. The SMILES string of the molecule is COCN1C=C2N=C(C)C=C(SCC3=C(C(=O)OCOC(=O)C(C)(C)C)N4C(=O)C(N)[C@H]4SC3)N2N1. The number of amides is 1. The third-order valence-electron chi connectivity index (χ3n) is 5.51. The van der Waals surface area contributed by atoms with Gasteiger partial charge in [-0.2, -0.15) is 0 Å². The van der Waals surface area contributed by atoms with Crippen LogP contribution in [0, 0.1) is 5.41 Å². The lowest BCUT2D eigenvalue weighted by molar-refractivity contribution is -0.173. The van der Waals surface area contributed by atoms with Crippen LogP contribution < -0.4 is 11.3 Å². The van der Waals surface area contributed by atoms with Crippen molar-refractivity contribution in [1.82, 2.24) is 20.5 Å². The van der Waals surface area contributed by atoms with Crippen LogP contribution in [-0.2, 0) is 28.6 Å². The first-order valence-electron chi connectivity index (χ1n) is 11.2. The van der Waals surface area contributed by atoms with Crippen molar-refractivity contribution in [3.8, 4) is 0 Å². The number of rotatable bonds is 8. The minimum absolute atomic E-state index is 0.165. The lowest BCUT2D eigenvalue weighted by Crippen LogP contribution is -2.68. The second-order valence-corrected chi connectivity index (χ2v) is 11.6. The third-order valence-corrected chi connectivity index (χ3v) is 7.96. The number of nitrogens with two attached hydrogens (primary N) is 1. The van der Waals surface area contributed by atoms with Gasteiger partial charge in [0.05, 0.1) is 16.6 Å². The number of carbonyl (C=O) groups is 3. The maximum atomic E-state index is 13.1. The van der Waals surface area contributed by atoms with Gasteiger partial charge in [0.1, 0.15) is 23.8 Å². The molecule has 2 atom stereocenters. The molecule has 0 saturated carbocycles. The zero-order chi connectivity index (χ0) is 26.2. The smallest absolute Gasteiger partial charge is 0.357 e. The van der Waals surface area contributed by atoms with E-state index in [0.717, 1.165) is 16.3 Å². The first-order chi connectivity index (χ1) is 17.0. The van der Waals surface area contributed by atoms with E-state index in [2.05, 4.69) is 10.5 Å². The van der Waals surface area contributed by atoms with Gasteiger partial charge in [0.15, 0.2) is 5.82 Å². The van der Waals surface area contributed by atoms with E-state index in [-0.39, 0.29) is 17.0 Å². The average molecular weight is 539 g/mol. The van der Waals surface area contributed by atoms with Gasteiger partial charge in [-0.1, -0.05) is 0 Å². The number of hydrazine groups is 2. The van der Waals surface area contributed by atoms with Crippen LogP contribution in [0.15, 0.2) is 39.4 Å². The van der Waals surface area contributed by atoms with Crippen molar-refractivity contribution in [1.29, 1.82) is 0 Å². The number of fused-ring (bicyclic) bond motifs is 2. The van der Waals surface area contributed by atoms with Gasteiger partial charge in [-0.05, 0) is 39.3 Å². The maximum absolute atomic E-state index is 13.1. The highest BCUT2D eigenvalue weighted by Crippen LogP contribution is 2.42. The predicted molar refractivity (Wildman–Crippen MR) is 135 cm³/mol. The number of nitrogens with one attached hydrogen (secondary N) is 1. The summed E-state index contributed by atoms with van der Waals surface area (Å²) in [5, 5.41) is 4.12. The third kappa shape index (κ3) is 5.27. The average Bonchev–Trinajstić information content (AvgIpc) is 3.23. The van der Waals surface area contributed by atoms with Crippen LogP contribution in [0.5, 0.6) is 0 Å². The Morgan fingerprint density at radius 2 is 2.08 bits per heavy atom. The Kier molecular flexibility index (Phi) is 7.71. The van der Waals surface area contributed by atoms with Gasteiger partial charge in [0.2, 0.25) is 12.7 Å². The molecule has 1 amide bonds. The first kappa shape index (κ1) is 26.5. The first-order valence-corrected chi connectivity index (χ1v) is 13.2. The van der Waals surface area contributed by atoms with E-state index in [9.17, 15) is 14.4 Å². The second-order valence-electron chi connectivity index (χ2n) is 9.45. The van der Waals surface area contributed by atoms with Crippen LogP contribution in [0.3, 0.4) is 0 Å². The van der Waals surface area contributed by atoms with Crippen molar-refractivity contribution < 1.29 is 28.6 Å². The summed E-state index contributed by atoms with van der Waals surface area (Å²) in [5.41, 5.74) is 10.1. The lowest BCUT2D eigenvalue weighted by Gasteiger charge is -2.48. The van der Waals surface area contributed by atoms with E-state index < -0.39 is 30.2 Å². The molecule has 4 heterocycles. The predicted octanol–water partition coefficient (Wildman–Crippen LogP) is 1.06. The van der Waals surface area contributed by atoms with Gasteiger partial charge in [0.25, 0.3) is 0 Å². The Labute approximate surface area is 217 Å². The molecule has 0 bridgehead atoms. The van der Waals surface area contributed by atoms with Crippen LogP contribution in [0.25, 0.3) is 0 Å². The zero-order valence-electron chi connectivity index (χ0n) is 20.8. The lowest BCUT2D eigenvalue weighted by atomic mass is 9.98. The minimum Gasteiger partial charge on any atom is -0.427 e. The highest BCUT2D eigenvalue weighted by Gasteiger charge is 2.52. The molecule has 1 unspecified atom stereocenters. The molecule has 3 N–H and O–H groups in total. The minimum atomic E-state index is -0.731. The number of hydrogen-bond donors (Lipinski definition) is 2. The molecule has 0 aliphatic carbocycles. The largest absolute Gasteiger partial charge is 0.427 e. The molecule has 0 aromatic heterocycles. The monoisotopic (exact) mass is 538 g/mol. The van der Waals surface area contributed by atoms with Crippen LogP contribution in [-0.4, -0.2) is 82.0 Å². The zero-order valence-corrected chi connectivity index (χ0v) is 22.4. The van der Waals surface area contributed by atoms with E-state index in [4.69, 9.17) is 19.9 Å². The molecule has 36 heavy (non-hydrogen) atoms. The highest BCUT2D eigenvalue weighted by atomic mass is 32.2. The molecule has 0 aromatic rings. The summed E-state index contributed by atoms with van der Waals surface area (Å²) in [6, 6.07) is -0.668. The Morgan fingerprint density at radius 3 is 2.78 bits per heavy atom. The van der Waals surface area contributed by atoms with Crippen LogP contribution in [0.2, 0.25) is 0 Å². The Morgan fingerprint density at radius 1 is 1.33 bits per heavy atom. The fourth-order valence-electron chi connectivity index (χ4n) is 3.68. The van der Waals surface area contributed by atoms with Crippen molar-refractivity contribution in [2.24, 2.45) is 16.1 Å². The van der Waals surface area contributed by atoms with Crippen molar-refractivity contribution in [3.63, 3.8) is 0 Å². The quantitative estimate of drug-likeness (QED) is 0.259. The van der Waals surface area contributed by atoms with Crippen molar-refractivity contribution in [3.05, 3.63) is 34.4 Å². The van der Waals surface area contributed by atoms with Gasteiger partial charge >= 0.3 is 11.9 Å². The standard InChI is InChI=1S/C22H30N6O6S2/c1-12-6-15(28-14(24-12)7-26(25-28)10-32-5)35-8-13-9-36-19-16(23)18(29)27(19)17(13)20(30)33-11-34-21(31)22(2,3)4/h6-7,16,19,25H,8-11,23H2,1-5H3/t16?,19-/m1/s1. The topological polar surface area (TPSA) is 139 Å². The number of β-lactam (4-membered cyclic amide) rings is 1. The van der Waals surface area contributed by atoms with Gasteiger partial charge < -0.3 is 19.9 Å². The van der Waals surface area contributed by atoms with E-state index in [0.29, 0.717) is 24.1 Å². The number of esters is 2. The van der Waals surface area contributed by atoms with Crippen molar-refractivity contribution in [2.45, 2.75) is 39.1 Å². The van der Waals surface area contributed by atoms with Gasteiger partial charge in [-0.3, -0.25) is 19.5 Å². The van der Waals surface area contributed by atoms with E-state index in [1.807, 2.05) is 24.2 Å². The van der Waals surface area contributed by atoms with Crippen molar-refractivity contribution >= 4 is 47.1 Å². The molecule has 196 valence electrons. The Balaban J connectivity index is 1.49. The Bertz CT molecular complexity index is 1080. The summed E-state index contributed by atoms with van der Waals surface area (Å²) < 4.78 is 15.5. The number of aliphatic imine (C=N–C) groups is 1. The van der Waals surface area contributed by atoms with Crippen LogP contribution in [0.1, 0.15) is 27.7 Å². The van der Waals surface area contributed by atoms with Gasteiger partial charge in [0, 0.05) is 24.3 Å². The number of nitrogens with zero attached hydrogens (tertiary/aromatic N) is 4. The summed E-state index contributed by atoms with van der Waals surface area (Å²) in [6.45, 7) is 6.81. The van der Waals surface area contributed by atoms with E-state index in [1.54, 1.807) is 32.9 Å². The summed E-state index contributed by atoms with van der Waals surface area (Å²) in [4.78, 5) is 43.6. The number of ether oxygens (including phenoxy) is 3. The second kappa shape index (κ2) is 10.5. The van der Waals surface area contributed by atoms with Crippen LogP contribution >= 0.6 is 23.5 Å². The summed E-state index contributed by atoms with van der Waals surface area (Å²) >= 11 is 3.00. The fraction of sp³-hybridized carbons (Fsp3) is 0.545. The maximum Gasteiger partial charge on any atom is 0.357 e. The molecule has 0 aromatic carbocycles. The molecule has 12 nitrogen and oxygen atoms in total. The molecule has 4 rings (SSSR count). The van der Waals surface area contributed by atoms with E-state index >= 15 is 0 Å². The molecule has 4 aliphatic heterocycles. The molecule has 0 spiro atoms. The Hall–Kier alpha value is -2.52. The molecule has 1 fully saturated rings. The molecule has 0 radical (unpaired) electrons. The molecular weight excluding hydrogens is 508 g/mol. The summed E-state index contributed by atoms with van der Waals surface area (Å²) in [5.74, 6) is 0.0814. The number of allylic oxidation sites excluding steroid dienone is 1. The van der Waals surface area contributed by atoms with Gasteiger partial charge in [-0.25, -0.2) is 14.8 Å². The number of thioether (sulfide) groups is 2. The van der Waals surface area contributed by atoms with Crippen molar-refractivity contribution in [2.75, 3.05) is 32.1 Å². The number of carbonyl (C=O) groups excluding carboxylic acids is 3.